The van der Waals surface area contributed by atoms with Crippen molar-refractivity contribution in [3.63, 3.8) is 0 Å². The highest BCUT2D eigenvalue weighted by molar-refractivity contribution is 5.78. The number of aliphatic hydroxyl groups is 1. The highest BCUT2D eigenvalue weighted by atomic mass is 16.3. The molecule has 0 bridgehead atoms. The number of aryl methyl sites for hydroxylation is 2. The normalized spacial score (nSPS) is 11.1. The van der Waals surface area contributed by atoms with E-state index in [1.165, 1.54) is 11.1 Å². The van der Waals surface area contributed by atoms with Crippen LogP contribution in [-0.2, 0) is 19.4 Å². The molecule has 0 atom stereocenters. The Balaban J connectivity index is 1.62. The molecule has 0 heterocycles. The molecule has 0 unspecified atom stereocenters. The first kappa shape index (κ1) is 22.6. The highest BCUT2D eigenvalue weighted by Crippen LogP contribution is 2.35. The summed E-state index contributed by atoms with van der Waals surface area (Å²) in [6.45, 7) is 4.44. The van der Waals surface area contributed by atoms with Crippen molar-refractivity contribution in [1.29, 1.82) is 0 Å². The van der Waals surface area contributed by atoms with E-state index >= 15 is 0 Å². The van der Waals surface area contributed by atoms with Crippen LogP contribution in [0.5, 0.6) is 0 Å². The average molecular weight is 434 g/mol. The maximum Gasteiger partial charge on any atom is 0.0681 e. The van der Waals surface area contributed by atoms with Crippen molar-refractivity contribution < 1.29 is 5.11 Å². The third-order valence-electron chi connectivity index (χ3n) is 5.99. The Bertz CT molecular complexity index is 1120. The topological polar surface area (TPSA) is 23.5 Å². The fourth-order valence-corrected chi connectivity index (χ4v) is 3.87. The largest absolute Gasteiger partial charge is 0.392 e. The van der Waals surface area contributed by atoms with Crippen LogP contribution in [0.25, 0.3) is 12.2 Å². The number of hydrogen-bond acceptors (Lipinski definition) is 2. The molecule has 0 aromatic heterocycles. The van der Waals surface area contributed by atoms with Gasteiger partial charge in [-0.15, -0.1) is 0 Å². The lowest BCUT2D eigenvalue weighted by Gasteiger charge is -2.26. The van der Waals surface area contributed by atoms with Gasteiger partial charge in [0.2, 0.25) is 0 Å². The molecular formula is C31H31NO. The lowest BCUT2D eigenvalue weighted by Crippen LogP contribution is -2.10. The van der Waals surface area contributed by atoms with E-state index in [0.717, 1.165) is 46.6 Å². The van der Waals surface area contributed by atoms with E-state index in [2.05, 4.69) is 104 Å². The van der Waals surface area contributed by atoms with Crippen molar-refractivity contribution >= 4 is 29.2 Å². The first-order chi connectivity index (χ1) is 16.2. The Hall–Kier alpha value is -3.62. The van der Waals surface area contributed by atoms with Gasteiger partial charge in [0.15, 0.2) is 0 Å². The van der Waals surface area contributed by atoms with Crippen LogP contribution in [0, 0.1) is 0 Å². The van der Waals surface area contributed by atoms with Crippen LogP contribution < -0.4 is 4.90 Å². The predicted octanol–water partition coefficient (Wildman–Crippen LogP) is 7.94. The molecule has 0 amide bonds. The average Bonchev–Trinajstić information content (AvgIpc) is 2.89. The molecule has 0 radical (unpaired) electrons. The van der Waals surface area contributed by atoms with Gasteiger partial charge >= 0.3 is 0 Å². The minimum absolute atomic E-state index is 0.0737. The first-order valence-electron chi connectivity index (χ1n) is 11.7. The van der Waals surface area contributed by atoms with Gasteiger partial charge in [-0.3, -0.25) is 0 Å². The first-order valence-corrected chi connectivity index (χ1v) is 11.7. The zero-order valence-electron chi connectivity index (χ0n) is 19.4. The van der Waals surface area contributed by atoms with Crippen molar-refractivity contribution in [1.82, 2.24) is 0 Å². The lowest BCUT2D eigenvalue weighted by molar-refractivity contribution is 0.282. The molecule has 0 aliphatic rings. The number of nitrogens with zero attached hydrogens (tertiary/aromatic N) is 1. The Kier molecular flexibility index (Phi) is 7.39. The van der Waals surface area contributed by atoms with Crippen LogP contribution in [-0.4, -0.2) is 5.11 Å². The van der Waals surface area contributed by atoms with Crippen LogP contribution in [0.4, 0.5) is 17.1 Å². The molecule has 0 aliphatic carbocycles. The van der Waals surface area contributed by atoms with Crippen molar-refractivity contribution in [2.75, 3.05) is 4.90 Å². The number of anilines is 3. The van der Waals surface area contributed by atoms with Crippen LogP contribution >= 0.6 is 0 Å². The maximum absolute atomic E-state index is 9.20. The SMILES string of the molecule is CCc1ccc(N(c2ccc(/C=C/c3ccc(CO)cc3)cc2)c2ccc(CC)cc2)cc1. The molecule has 166 valence electrons. The van der Waals surface area contributed by atoms with Crippen molar-refractivity contribution in [2.24, 2.45) is 0 Å². The minimum Gasteiger partial charge on any atom is -0.392 e. The molecule has 0 aliphatic heterocycles. The summed E-state index contributed by atoms with van der Waals surface area (Å²) in [5.74, 6) is 0. The van der Waals surface area contributed by atoms with Crippen LogP contribution in [0.3, 0.4) is 0 Å². The Morgan fingerprint density at radius 1 is 0.515 bits per heavy atom. The Morgan fingerprint density at radius 2 is 0.848 bits per heavy atom. The lowest BCUT2D eigenvalue weighted by atomic mass is 10.1. The van der Waals surface area contributed by atoms with Gasteiger partial charge in [0.05, 0.1) is 6.61 Å². The molecule has 1 N–H and O–H groups in total. The molecule has 0 saturated heterocycles. The van der Waals surface area contributed by atoms with E-state index in [-0.39, 0.29) is 6.61 Å². The van der Waals surface area contributed by atoms with Gasteiger partial charge in [0, 0.05) is 17.1 Å². The van der Waals surface area contributed by atoms with E-state index in [0.29, 0.717) is 0 Å². The number of benzene rings is 4. The third kappa shape index (κ3) is 5.60. The van der Waals surface area contributed by atoms with Gasteiger partial charge in [-0.05, 0) is 77.1 Å². The summed E-state index contributed by atoms with van der Waals surface area (Å²) >= 11 is 0. The van der Waals surface area contributed by atoms with E-state index in [9.17, 15) is 5.11 Å². The van der Waals surface area contributed by atoms with Crippen LogP contribution in [0.1, 0.15) is 41.7 Å². The summed E-state index contributed by atoms with van der Waals surface area (Å²) in [6.07, 6.45) is 6.29. The van der Waals surface area contributed by atoms with Crippen LogP contribution in [0.2, 0.25) is 0 Å². The van der Waals surface area contributed by atoms with Gasteiger partial charge in [0.1, 0.15) is 0 Å². The monoisotopic (exact) mass is 433 g/mol. The molecule has 2 heteroatoms. The standard InChI is InChI=1S/C31H31NO/c1-3-24-11-17-29(18-12-24)32(30-19-13-25(4-2)14-20-30)31-21-15-27(16-22-31)6-5-26-7-9-28(23-33)10-8-26/h5-22,33H,3-4,23H2,1-2H3/b6-5+. The Labute approximate surface area is 197 Å². The van der Waals surface area contributed by atoms with Crippen molar-refractivity contribution in [2.45, 2.75) is 33.3 Å². The second-order valence-corrected chi connectivity index (χ2v) is 8.20. The van der Waals surface area contributed by atoms with E-state index < -0.39 is 0 Å². The molecule has 0 fully saturated rings. The molecular weight excluding hydrogens is 402 g/mol. The molecule has 4 rings (SSSR count). The van der Waals surface area contributed by atoms with Crippen molar-refractivity contribution in [3.8, 4) is 0 Å². The third-order valence-corrected chi connectivity index (χ3v) is 5.99. The molecule has 4 aromatic carbocycles. The summed E-state index contributed by atoms with van der Waals surface area (Å²) < 4.78 is 0. The van der Waals surface area contributed by atoms with Crippen molar-refractivity contribution in [3.05, 3.63) is 125 Å². The molecule has 2 nitrogen and oxygen atoms in total. The summed E-state index contributed by atoms with van der Waals surface area (Å²) in [5, 5.41) is 9.20. The molecule has 0 saturated carbocycles. The van der Waals surface area contributed by atoms with E-state index in [1.54, 1.807) is 0 Å². The second-order valence-electron chi connectivity index (χ2n) is 8.20. The fourth-order valence-electron chi connectivity index (χ4n) is 3.87. The van der Waals surface area contributed by atoms with Gasteiger partial charge in [-0.25, -0.2) is 0 Å². The summed E-state index contributed by atoms with van der Waals surface area (Å²) in [6, 6.07) is 34.3. The zero-order valence-corrected chi connectivity index (χ0v) is 19.4. The second kappa shape index (κ2) is 10.8. The van der Waals surface area contributed by atoms with Gasteiger partial charge in [0.25, 0.3) is 0 Å². The minimum atomic E-state index is 0.0737. The van der Waals surface area contributed by atoms with Gasteiger partial charge in [-0.1, -0.05) is 86.7 Å². The highest BCUT2D eigenvalue weighted by Gasteiger charge is 2.12. The fraction of sp³-hybridized carbons (Fsp3) is 0.161. The Morgan fingerprint density at radius 3 is 1.21 bits per heavy atom. The van der Waals surface area contributed by atoms with Gasteiger partial charge < -0.3 is 10.0 Å². The maximum atomic E-state index is 9.20. The number of aliphatic hydroxyl groups excluding tert-OH is 1. The van der Waals surface area contributed by atoms with Crippen LogP contribution in [0.15, 0.2) is 97.1 Å². The summed E-state index contributed by atoms with van der Waals surface area (Å²) in [5.41, 5.74) is 9.31. The summed E-state index contributed by atoms with van der Waals surface area (Å²) in [7, 11) is 0. The van der Waals surface area contributed by atoms with Gasteiger partial charge in [-0.2, -0.15) is 0 Å². The predicted molar refractivity (Wildman–Crippen MR) is 141 cm³/mol. The quantitative estimate of drug-likeness (QED) is 0.285. The zero-order chi connectivity index (χ0) is 23.0. The number of rotatable bonds is 8. The van der Waals surface area contributed by atoms with E-state index in [4.69, 9.17) is 0 Å². The molecule has 4 aromatic rings. The smallest absolute Gasteiger partial charge is 0.0681 e. The summed E-state index contributed by atoms with van der Waals surface area (Å²) in [4.78, 5) is 2.31. The van der Waals surface area contributed by atoms with E-state index in [1.807, 2.05) is 24.3 Å². The molecule has 33 heavy (non-hydrogen) atoms. The number of hydrogen-bond donors (Lipinski definition) is 1. The molecule has 0 spiro atoms.